The summed E-state index contributed by atoms with van der Waals surface area (Å²) in [4.78, 5) is 0. The van der Waals surface area contributed by atoms with E-state index in [4.69, 9.17) is 30.1 Å². The van der Waals surface area contributed by atoms with Crippen molar-refractivity contribution >= 4 is 0 Å². The number of terminal acetylenes is 1. The largest absolute Gasteiger partial charge is 0.379 e. The van der Waals surface area contributed by atoms with Crippen molar-refractivity contribution in [1.82, 2.24) is 0 Å². The molecule has 5 heteroatoms. The Labute approximate surface area is 148 Å². The molecular weight excluding hydrogens is 308 g/mol. The van der Waals surface area contributed by atoms with Crippen LogP contribution in [-0.2, 0) is 23.7 Å². The van der Waals surface area contributed by atoms with Gasteiger partial charge in [-0.1, -0.05) is 44.9 Å². The molecule has 0 bridgehead atoms. The summed E-state index contributed by atoms with van der Waals surface area (Å²) in [6.07, 6.45) is 12.8. The molecule has 0 heterocycles. The van der Waals surface area contributed by atoms with E-state index in [0.717, 1.165) is 13.0 Å². The normalized spacial score (nSPS) is 10.8. The number of hydrogen-bond donors (Lipinski definition) is 0. The lowest BCUT2D eigenvalue weighted by Gasteiger charge is -2.07. The van der Waals surface area contributed by atoms with Gasteiger partial charge in [-0.15, -0.1) is 6.42 Å². The molecule has 142 valence electrons. The summed E-state index contributed by atoms with van der Waals surface area (Å²) in [6, 6.07) is 0. The summed E-state index contributed by atoms with van der Waals surface area (Å²) in [6.45, 7) is 8.05. The van der Waals surface area contributed by atoms with Crippen LogP contribution in [0.15, 0.2) is 0 Å². The number of rotatable bonds is 20. The highest BCUT2D eigenvalue weighted by Gasteiger charge is 1.94. The molecule has 0 spiro atoms. The van der Waals surface area contributed by atoms with Crippen molar-refractivity contribution < 1.29 is 23.7 Å². The standard InChI is InChI=1S/C19H36O5/c1-3-5-6-7-8-9-11-21-13-15-23-17-19-24-18-16-22-14-12-20-10-4-2/h2H,3,5-19H2,1H3. The van der Waals surface area contributed by atoms with Crippen LogP contribution in [0.2, 0.25) is 0 Å². The summed E-state index contributed by atoms with van der Waals surface area (Å²) >= 11 is 0. The monoisotopic (exact) mass is 344 g/mol. The number of ether oxygens (including phenoxy) is 5. The van der Waals surface area contributed by atoms with Crippen LogP contribution in [0.25, 0.3) is 0 Å². The smallest absolute Gasteiger partial charge is 0.107 e. The van der Waals surface area contributed by atoms with Gasteiger partial charge < -0.3 is 23.7 Å². The van der Waals surface area contributed by atoms with Gasteiger partial charge in [0.15, 0.2) is 0 Å². The summed E-state index contributed by atoms with van der Waals surface area (Å²) in [5.41, 5.74) is 0. The average molecular weight is 344 g/mol. The Bertz CT molecular complexity index is 265. The summed E-state index contributed by atoms with van der Waals surface area (Å²) in [5, 5.41) is 0. The Morgan fingerprint density at radius 3 is 1.46 bits per heavy atom. The second-order valence-corrected chi connectivity index (χ2v) is 5.47. The van der Waals surface area contributed by atoms with Crippen LogP contribution in [0, 0.1) is 12.3 Å². The number of unbranched alkanes of at least 4 members (excludes halogenated alkanes) is 5. The zero-order valence-corrected chi connectivity index (χ0v) is 15.4. The SMILES string of the molecule is C#CCOCCOCCOCCOCCOCCCCCCCC. The van der Waals surface area contributed by atoms with Gasteiger partial charge in [0.2, 0.25) is 0 Å². The second-order valence-electron chi connectivity index (χ2n) is 5.47. The van der Waals surface area contributed by atoms with E-state index in [9.17, 15) is 0 Å². The molecule has 5 nitrogen and oxygen atoms in total. The lowest BCUT2D eigenvalue weighted by molar-refractivity contribution is -0.00935. The van der Waals surface area contributed by atoms with Crippen molar-refractivity contribution in [2.24, 2.45) is 0 Å². The van der Waals surface area contributed by atoms with E-state index in [1.807, 2.05) is 0 Å². The fraction of sp³-hybridized carbons (Fsp3) is 0.895. The van der Waals surface area contributed by atoms with E-state index in [1.165, 1.54) is 32.1 Å². The first-order valence-electron chi connectivity index (χ1n) is 9.24. The first-order valence-corrected chi connectivity index (χ1v) is 9.24. The molecule has 0 saturated heterocycles. The second kappa shape index (κ2) is 22.4. The van der Waals surface area contributed by atoms with Gasteiger partial charge in [0.1, 0.15) is 6.61 Å². The van der Waals surface area contributed by atoms with Crippen molar-refractivity contribution in [1.29, 1.82) is 0 Å². The summed E-state index contributed by atoms with van der Waals surface area (Å²) < 4.78 is 26.7. The minimum absolute atomic E-state index is 0.333. The first-order chi connectivity index (χ1) is 11.9. The van der Waals surface area contributed by atoms with Crippen LogP contribution in [0.3, 0.4) is 0 Å². The van der Waals surface area contributed by atoms with Gasteiger partial charge in [0.05, 0.1) is 52.9 Å². The quantitative estimate of drug-likeness (QED) is 0.251. The van der Waals surface area contributed by atoms with Gasteiger partial charge in [-0.3, -0.25) is 0 Å². The van der Waals surface area contributed by atoms with Crippen molar-refractivity contribution in [3.63, 3.8) is 0 Å². The molecule has 0 aliphatic carbocycles. The van der Waals surface area contributed by atoms with Crippen LogP contribution in [-0.4, -0.2) is 66.1 Å². The van der Waals surface area contributed by atoms with E-state index >= 15 is 0 Å². The predicted octanol–water partition coefficient (Wildman–Crippen LogP) is 3.06. The Morgan fingerprint density at radius 2 is 0.958 bits per heavy atom. The molecule has 0 aromatic heterocycles. The van der Waals surface area contributed by atoms with Gasteiger partial charge in [-0.2, -0.15) is 0 Å². The fourth-order valence-electron chi connectivity index (χ4n) is 2.00. The van der Waals surface area contributed by atoms with E-state index in [1.54, 1.807) is 0 Å². The highest BCUT2D eigenvalue weighted by molar-refractivity contribution is 4.82. The maximum absolute atomic E-state index is 5.53. The molecule has 0 unspecified atom stereocenters. The molecule has 0 rings (SSSR count). The van der Waals surface area contributed by atoms with E-state index in [2.05, 4.69) is 12.8 Å². The van der Waals surface area contributed by atoms with Gasteiger partial charge in [-0.05, 0) is 6.42 Å². The molecule has 0 radical (unpaired) electrons. The summed E-state index contributed by atoms with van der Waals surface area (Å²) in [5.74, 6) is 2.40. The number of hydrogen-bond acceptors (Lipinski definition) is 5. The van der Waals surface area contributed by atoms with Crippen LogP contribution >= 0.6 is 0 Å². The van der Waals surface area contributed by atoms with E-state index in [-0.39, 0.29) is 0 Å². The third-order valence-corrected chi connectivity index (χ3v) is 3.32. The van der Waals surface area contributed by atoms with E-state index < -0.39 is 0 Å². The highest BCUT2D eigenvalue weighted by Crippen LogP contribution is 2.04. The molecule has 0 aliphatic rings. The average Bonchev–Trinajstić information content (AvgIpc) is 2.60. The van der Waals surface area contributed by atoms with Gasteiger partial charge in [0, 0.05) is 6.61 Å². The topological polar surface area (TPSA) is 46.2 Å². The fourth-order valence-corrected chi connectivity index (χ4v) is 2.00. The third kappa shape index (κ3) is 21.4. The molecule has 0 saturated carbocycles. The maximum atomic E-state index is 5.53. The van der Waals surface area contributed by atoms with Crippen molar-refractivity contribution in [3.05, 3.63) is 0 Å². The molecule has 24 heavy (non-hydrogen) atoms. The Hall–Kier alpha value is -0.640. The zero-order chi connectivity index (χ0) is 17.6. The molecule has 0 aromatic rings. The zero-order valence-electron chi connectivity index (χ0n) is 15.4. The lowest BCUT2D eigenvalue weighted by Crippen LogP contribution is -2.13. The van der Waals surface area contributed by atoms with Crippen molar-refractivity contribution in [2.75, 3.05) is 66.1 Å². The molecule has 0 aromatic carbocycles. The molecular formula is C19H36O5. The van der Waals surface area contributed by atoms with Crippen LogP contribution < -0.4 is 0 Å². The van der Waals surface area contributed by atoms with Gasteiger partial charge >= 0.3 is 0 Å². The Morgan fingerprint density at radius 1 is 0.542 bits per heavy atom. The van der Waals surface area contributed by atoms with Crippen molar-refractivity contribution in [2.45, 2.75) is 45.4 Å². The van der Waals surface area contributed by atoms with Crippen LogP contribution in [0.5, 0.6) is 0 Å². The molecule has 0 N–H and O–H groups in total. The third-order valence-electron chi connectivity index (χ3n) is 3.32. The van der Waals surface area contributed by atoms with Crippen LogP contribution in [0.1, 0.15) is 45.4 Å². The van der Waals surface area contributed by atoms with Crippen molar-refractivity contribution in [3.8, 4) is 12.3 Å². The predicted molar refractivity (Wildman–Crippen MR) is 96.3 cm³/mol. The molecule has 0 fully saturated rings. The molecule has 0 aliphatic heterocycles. The van der Waals surface area contributed by atoms with Crippen LogP contribution in [0.4, 0.5) is 0 Å². The van der Waals surface area contributed by atoms with E-state index in [0.29, 0.717) is 59.5 Å². The Balaban J connectivity index is 2.94. The van der Waals surface area contributed by atoms with Gasteiger partial charge in [-0.25, -0.2) is 0 Å². The highest BCUT2D eigenvalue weighted by atomic mass is 16.6. The maximum Gasteiger partial charge on any atom is 0.107 e. The molecule has 0 amide bonds. The minimum Gasteiger partial charge on any atom is -0.379 e. The van der Waals surface area contributed by atoms with Gasteiger partial charge in [0.25, 0.3) is 0 Å². The molecule has 0 atom stereocenters. The Kier molecular flexibility index (Phi) is 21.8. The lowest BCUT2D eigenvalue weighted by atomic mass is 10.1. The summed E-state index contributed by atoms with van der Waals surface area (Å²) in [7, 11) is 0. The minimum atomic E-state index is 0.333. The first kappa shape index (κ1) is 23.4.